The molecule has 2 saturated heterocycles. The summed E-state index contributed by atoms with van der Waals surface area (Å²) < 4.78 is 86.3. The number of nitrogens with one attached hydrogen (secondary N) is 1. The van der Waals surface area contributed by atoms with Gasteiger partial charge in [-0.25, -0.2) is 4.79 Å². The molecule has 1 spiro atoms. The number of fused-ring (bicyclic) bond motifs is 2. The highest BCUT2D eigenvalue weighted by molar-refractivity contribution is 5.79. The number of piperidine rings is 2. The topological polar surface area (TPSA) is 61.9 Å². The zero-order chi connectivity index (χ0) is 34.9. The van der Waals surface area contributed by atoms with Crippen LogP contribution >= 0.6 is 0 Å². The van der Waals surface area contributed by atoms with Crippen LogP contribution < -0.4 is 5.32 Å². The van der Waals surface area contributed by atoms with E-state index < -0.39 is 53.5 Å². The van der Waals surface area contributed by atoms with Crippen molar-refractivity contribution in [1.82, 2.24) is 15.1 Å². The maximum Gasteiger partial charge on any atom is 0.416 e. The number of alkyl halides is 6. The van der Waals surface area contributed by atoms with E-state index in [1.165, 1.54) is 11.1 Å². The van der Waals surface area contributed by atoms with Gasteiger partial charge in [-0.05, 0) is 113 Å². The lowest BCUT2D eigenvalue weighted by atomic mass is 9.74. The molecule has 2 heterocycles. The maximum absolute atomic E-state index is 13.8. The van der Waals surface area contributed by atoms with Gasteiger partial charge in [0.1, 0.15) is 5.60 Å². The minimum absolute atomic E-state index is 0.0125. The average molecular weight is 680 g/mol. The van der Waals surface area contributed by atoms with Crippen LogP contribution in [0.25, 0.3) is 6.08 Å². The van der Waals surface area contributed by atoms with Crippen molar-refractivity contribution in [2.24, 2.45) is 11.8 Å². The van der Waals surface area contributed by atoms with Gasteiger partial charge in [-0.1, -0.05) is 36.4 Å². The molecule has 2 unspecified atom stereocenters. The van der Waals surface area contributed by atoms with Crippen LogP contribution in [0, 0.1) is 11.8 Å². The third-order valence-corrected chi connectivity index (χ3v) is 9.71. The highest BCUT2D eigenvalue weighted by Crippen LogP contribution is 2.44. The van der Waals surface area contributed by atoms with E-state index in [1.54, 1.807) is 25.7 Å². The average Bonchev–Trinajstić information content (AvgIpc) is 3.37. The van der Waals surface area contributed by atoms with E-state index in [2.05, 4.69) is 40.6 Å². The first-order valence-corrected chi connectivity index (χ1v) is 16.5. The van der Waals surface area contributed by atoms with Crippen LogP contribution in [0.4, 0.5) is 31.1 Å². The summed E-state index contributed by atoms with van der Waals surface area (Å²) in [4.78, 5) is 30.6. The third kappa shape index (κ3) is 8.54. The van der Waals surface area contributed by atoms with Gasteiger partial charge in [0.2, 0.25) is 5.91 Å². The molecule has 2 aromatic rings. The molecule has 2 amide bonds. The van der Waals surface area contributed by atoms with Crippen LogP contribution in [0.3, 0.4) is 0 Å². The molecule has 0 bridgehead atoms. The van der Waals surface area contributed by atoms with Crippen LogP contribution in [0.15, 0.2) is 48.5 Å². The Kier molecular flexibility index (Phi) is 10.3. The highest BCUT2D eigenvalue weighted by atomic mass is 19.4. The standard InChI is InChI=1S/C36H43F6N3O3/c1-33(2,3)48-32(47)45-15-6-8-26(23-45)29(11-16-44-17-13-34(14-18-44)12-10-25-7-4-5-9-30(25)34)31(46)43-22-24-19-27(35(37,38)39)21-28(20-24)36(40,41)42/h4-5,7,9-10,12,19-21,26,29H,6,8,11,13-18,22-23H2,1-3H3,(H,43,46). The van der Waals surface area contributed by atoms with E-state index in [-0.39, 0.29) is 29.5 Å². The number of carbonyl (C=O) groups excluding carboxylic acids is 2. The monoisotopic (exact) mass is 679 g/mol. The van der Waals surface area contributed by atoms with Gasteiger partial charge < -0.3 is 19.9 Å². The lowest BCUT2D eigenvalue weighted by Crippen LogP contribution is -2.48. The molecule has 0 aromatic heterocycles. The summed E-state index contributed by atoms with van der Waals surface area (Å²) in [7, 11) is 0. The number of benzene rings is 2. The molecule has 5 rings (SSSR count). The smallest absolute Gasteiger partial charge is 0.416 e. The van der Waals surface area contributed by atoms with E-state index in [9.17, 15) is 35.9 Å². The fourth-order valence-corrected chi connectivity index (χ4v) is 7.22. The first-order valence-electron chi connectivity index (χ1n) is 16.5. The summed E-state index contributed by atoms with van der Waals surface area (Å²) in [6.45, 7) is 7.74. The van der Waals surface area contributed by atoms with Gasteiger partial charge in [-0.2, -0.15) is 26.3 Å². The second-order valence-electron chi connectivity index (χ2n) is 14.3. The predicted octanol–water partition coefficient (Wildman–Crippen LogP) is 8.05. The largest absolute Gasteiger partial charge is 0.444 e. The number of carbonyl (C=O) groups is 2. The van der Waals surface area contributed by atoms with Gasteiger partial charge in [-0.15, -0.1) is 0 Å². The van der Waals surface area contributed by atoms with Crippen molar-refractivity contribution in [2.75, 3.05) is 32.7 Å². The maximum atomic E-state index is 13.8. The number of allylic oxidation sites excluding steroid dienone is 1. The van der Waals surface area contributed by atoms with Crippen LogP contribution in [0.1, 0.15) is 80.7 Å². The Balaban J connectivity index is 1.29. The SMILES string of the molecule is CC(C)(C)OC(=O)N1CCCC(C(CCN2CCC3(C=Cc4ccccc43)CC2)C(=O)NCc2cc(C(F)(F)F)cc(C(F)(F)F)c2)C1. The summed E-state index contributed by atoms with van der Waals surface area (Å²) in [6.07, 6.45) is -2.45. The van der Waals surface area contributed by atoms with Crippen LogP contribution in [0.5, 0.6) is 0 Å². The molecular formula is C36H43F6N3O3. The zero-order valence-electron chi connectivity index (χ0n) is 27.5. The Hall–Kier alpha value is -3.54. The van der Waals surface area contributed by atoms with Crippen LogP contribution in [-0.2, 0) is 33.8 Å². The molecule has 1 N–H and O–H groups in total. The van der Waals surface area contributed by atoms with Gasteiger partial charge in [0.15, 0.2) is 0 Å². The van der Waals surface area contributed by atoms with Crippen LogP contribution in [-0.4, -0.2) is 60.1 Å². The van der Waals surface area contributed by atoms with Gasteiger partial charge >= 0.3 is 18.4 Å². The van der Waals surface area contributed by atoms with Crippen molar-refractivity contribution in [3.63, 3.8) is 0 Å². The van der Waals surface area contributed by atoms with E-state index in [0.717, 1.165) is 25.9 Å². The number of nitrogens with zero attached hydrogens (tertiary/aromatic N) is 2. The van der Waals surface area contributed by atoms with E-state index in [4.69, 9.17) is 4.74 Å². The van der Waals surface area contributed by atoms with Crippen LogP contribution in [0.2, 0.25) is 0 Å². The van der Waals surface area contributed by atoms with Crippen molar-refractivity contribution in [1.29, 1.82) is 0 Å². The summed E-state index contributed by atoms with van der Waals surface area (Å²) in [5, 5.41) is 2.64. The number of likely N-dealkylation sites (tertiary alicyclic amines) is 2. The minimum Gasteiger partial charge on any atom is -0.444 e. The number of hydrogen-bond donors (Lipinski definition) is 1. The molecule has 12 heteroatoms. The number of amides is 2. The Labute approximate surface area is 277 Å². The third-order valence-electron chi connectivity index (χ3n) is 9.71. The Bertz CT molecular complexity index is 1470. The van der Waals surface area contributed by atoms with E-state index >= 15 is 0 Å². The molecule has 6 nitrogen and oxygen atoms in total. The molecule has 2 fully saturated rings. The predicted molar refractivity (Wildman–Crippen MR) is 170 cm³/mol. The number of ether oxygens (including phenoxy) is 1. The van der Waals surface area contributed by atoms with Gasteiger partial charge in [0.05, 0.1) is 11.1 Å². The fraction of sp³-hybridized carbons (Fsp3) is 0.556. The first kappa shape index (κ1) is 35.8. The normalized spacial score (nSPS) is 20.4. The molecule has 3 aliphatic rings. The molecule has 2 atom stereocenters. The molecule has 262 valence electrons. The summed E-state index contributed by atoms with van der Waals surface area (Å²) in [6, 6.07) is 9.71. The highest BCUT2D eigenvalue weighted by Gasteiger charge is 2.40. The van der Waals surface area contributed by atoms with Gasteiger partial charge in [-0.3, -0.25) is 4.79 Å². The molecule has 0 radical (unpaired) electrons. The summed E-state index contributed by atoms with van der Waals surface area (Å²) >= 11 is 0. The van der Waals surface area contributed by atoms with Crippen molar-refractivity contribution in [2.45, 2.75) is 82.8 Å². The second-order valence-corrected chi connectivity index (χ2v) is 14.3. The molecular weight excluding hydrogens is 636 g/mol. The minimum atomic E-state index is -4.99. The van der Waals surface area contributed by atoms with Crippen molar-refractivity contribution >= 4 is 18.1 Å². The van der Waals surface area contributed by atoms with Crippen molar-refractivity contribution in [3.05, 3.63) is 76.4 Å². The quantitative estimate of drug-likeness (QED) is 0.301. The number of halogens is 6. The van der Waals surface area contributed by atoms with Gasteiger partial charge in [0.25, 0.3) is 0 Å². The second kappa shape index (κ2) is 13.8. The van der Waals surface area contributed by atoms with E-state index in [0.29, 0.717) is 44.5 Å². The molecule has 48 heavy (non-hydrogen) atoms. The Morgan fingerprint density at radius 1 is 0.958 bits per heavy atom. The fourth-order valence-electron chi connectivity index (χ4n) is 7.22. The lowest BCUT2D eigenvalue weighted by molar-refractivity contribution is -0.143. The van der Waals surface area contributed by atoms with Crippen molar-refractivity contribution in [3.8, 4) is 0 Å². The Morgan fingerprint density at radius 3 is 2.23 bits per heavy atom. The molecule has 2 aliphatic heterocycles. The molecule has 1 aliphatic carbocycles. The Morgan fingerprint density at radius 2 is 1.60 bits per heavy atom. The van der Waals surface area contributed by atoms with Gasteiger partial charge in [0, 0.05) is 31.0 Å². The molecule has 2 aromatic carbocycles. The zero-order valence-corrected chi connectivity index (χ0v) is 27.5. The summed E-state index contributed by atoms with van der Waals surface area (Å²) in [5.41, 5.74) is -1.31. The lowest BCUT2D eigenvalue weighted by Gasteiger charge is -2.41. The van der Waals surface area contributed by atoms with E-state index in [1.807, 2.05) is 6.07 Å². The number of rotatable bonds is 7. The number of hydrogen-bond acceptors (Lipinski definition) is 4. The first-order chi connectivity index (χ1) is 22.4. The van der Waals surface area contributed by atoms with Crippen molar-refractivity contribution < 1.29 is 40.7 Å². The molecule has 0 saturated carbocycles. The summed E-state index contributed by atoms with van der Waals surface area (Å²) in [5.74, 6) is -1.34.